The van der Waals surface area contributed by atoms with Crippen molar-refractivity contribution in [2.24, 2.45) is 0 Å². The second-order valence-electron chi connectivity index (χ2n) is 1.88. The van der Waals surface area contributed by atoms with E-state index in [0.29, 0.717) is 6.42 Å². The van der Waals surface area contributed by atoms with Gasteiger partial charge in [0.15, 0.2) is 0 Å². The zero-order chi connectivity index (χ0) is 7.28. The Morgan fingerprint density at radius 3 is 2.22 bits per heavy atom. The third-order valence-electron chi connectivity index (χ3n) is 1.07. The molecule has 0 atom stereocenters. The molecule has 2 nitrogen and oxygen atoms in total. The lowest BCUT2D eigenvalue weighted by Gasteiger charge is -2.06. The van der Waals surface area contributed by atoms with E-state index in [-0.39, 0.29) is 5.97 Å². The molecule has 1 radical (unpaired) electrons. The van der Waals surface area contributed by atoms with E-state index in [2.05, 4.69) is 0 Å². The van der Waals surface area contributed by atoms with Crippen LogP contribution in [0, 0.1) is 6.10 Å². The van der Waals surface area contributed by atoms with Crippen LogP contribution in [0.2, 0.25) is 0 Å². The average Bonchev–Trinajstić information content (AvgIpc) is 1.87. The zero-order valence-electron chi connectivity index (χ0n) is 6.23. The van der Waals surface area contributed by atoms with Crippen molar-refractivity contribution >= 4 is 5.97 Å². The predicted octanol–water partition coefficient (Wildman–Crippen LogP) is 1.90. The van der Waals surface area contributed by atoms with Crippen molar-refractivity contribution < 1.29 is 9.53 Å². The van der Waals surface area contributed by atoms with Gasteiger partial charge in [0, 0.05) is 6.42 Å². The third kappa shape index (κ3) is 4.01. The van der Waals surface area contributed by atoms with E-state index in [0.717, 1.165) is 12.5 Å². The van der Waals surface area contributed by atoms with E-state index in [1.807, 2.05) is 13.8 Å². The van der Waals surface area contributed by atoms with E-state index in [9.17, 15) is 4.79 Å². The van der Waals surface area contributed by atoms with Gasteiger partial charge in [-0.15, -0.1) is 0 Å². The molecule has 0 saturated carbocycles. The van der Waals surface area contributed by atoms with Crippen LogP contribution in [0.5, 0.6) is 0 Å². The molecule has 0 aliphatic carbocycles. The van der Waals surface area contributed by atoms with E-state index in [4.69, 9.17) is 4.74 Å². The Labute approximate surface area is 56.2 Å². The highest BCUT2D eigenvalue weighted by molar-refractivity contribution is 5.69. The van der Waals surface area contributed by atoms with Crippen molar-refractivity contribution in [3.8, 4) is 0 Å². The summed E-state index contributed by atoms with van der Waals surface area (Å²) in [4.78, 5) is 10.5. The summed E-state index contributed by atoms with van der Waals surface area (Å²) in [6.07, 6.45) is 2.06. The van der Waals surface area contributed by atoms with Crippen molar-refractivity contribution in [3.05, 3.63) is 6.10 Å². The van der Waals surface area contributed by atoms with Crippen molar-refractivity contribution in [1.29, 1.82) is 0 Å². The van der Waals surface area contributed by atoms with E-state index >= 15 is 0 Å². The fourth-order valence-corrected chi connectivity index (χ4v) is 0.339. The maximum atomic E-state index is 10.5. The molecule has 0 fully saturated rings. The maximum Gasteiger partial charge on any atom is 0.306 e. The lowest BCUT2D eigenvalue weighted by Crippen LogP contribution is -2.05. The quantitative estimate of drug-likeness (QED) is 0.544. The Hall–Kier alpha value is -0.530. The molecule has 0 aromatic heterocycles. The minimum Gasteiger partial charge on any atom is -0.455 e. The molecule has 0 heterocycles. The highest BCUT2D eigenvalue weighted by Crippen LogP contribution is 2.05. The van der Waals surface area contributed by atoms with Crippen LogP contribution in [0.3, 0.4) is 0 Å². The standard InChI is InChI=1S/C7H13O2/c1-4-6(3)9-7(8)5-2/h4-5H2,1-3H3. The van der Waals surface area contributed by atoms with Crippen LogP contribution in [0.4, 0.5) is 0 Å². The second kappa shape index (κ2) is 4.36. The zero-order valence-corrected chi connectivity index (χ0v) is 6.23. The molecule has 0 aliphatic rings. The first kappa shape index (κ1) is 8.47. The smallest absolute Gasteiger partial charge is 0.306 e. The Balaban J connectivity index is 3.34. The van der Waals surface area contributed by atoms with Crippen LogP contribution in [0.1, 0.15) is 33.6 Å². The lowest BCUT2D eigenvalue weighted by molar-refractivity contribution is -0.142. The van der Waals surface area contributed by atoms with Gasteiger partial charge < -0.3 is 4.74 Å². The van der Waals surface area contributed by atoms with Crippen molar-refractivity contribution in [2.45, 2.75) is 33.6 Å². The molecule has 0 aliphatic heterocycles. The van der Waals surface area contributed by atoms with E-state index in [1.54, 1.807) is 6.92 Å². The van der Waals surface area contributed by atoms with Crippen LogP contribution >= 0.6 is 0 Å². The summed E-state index contributed by atoms with van der Waals surface area (Å²) in [7, 11) is 0. The van der Waals surface area contributed by atoms with Gasteiger partial charge in [-0.2, -0.15) is 0 Å². The summed E-state index contributed by atoms with van der Waals surface area (Å²) >= 11 is 0. The topological polar surface area (TPSA) is 26.3 Å². The van der Waals surface area contributed by atoms with Crippen molar-refractivity contribution in [2.75, 3.05) is 0 Å². The number of rotatable bonds is 3. The predicted molar refractivity (Wildman–Crippen MR) is 35.6 cm³/mol. The second-order valence-corrected chi connectivity index (χ2v) is 1.88. The van der Waals surface area contributed by atoms with Gasteiger partial charge in [0.1, 0.15) is 6.10 Å². The van der Waals surface area contributed by atoms with Crippen LogP contribution < -0.4 is 0 Å². The summed E-state index contributed by atoms with van der Waals surface area (Å²) in [5.41, 5.74) is 0. The van der Waals surface area contributed by atoms with Gasteiger partial charge in [-0.3, -0.25) is 4.79 Å². The molecule has 0 N–H and O–H groups in total. The minimum atomic E-state index is -0.144. The molecule has 0 amide bonds. The normalized spacial score (nSPS) is 9.78. The number of carbonyl (C=O) groups is 1. The minimum absolute atomic E-state index is 0.144. The van der Waals surface area contributed by atoms with Gasteiger partial charge in [0.25, 0.3) is 0 Å². The third-order valence-corrected chi connectivity index (χ3v) is 1.07. The number of hydrogen-bond donors (Lipinski definition) is 0. The highest BCUT2D eigenvalue weighted by atomic mass is 16.5. The first-order valence-electron chi connectivity index (χ1n) is 3.23. The summed E-state index contributed by atoms with van der Waals surface area (Å²) in [5, 5.41) is 0. The number of esters is 1. The van der Waals surface area contributed by atoms with Gasteiger partial charge >= 0.3 is 5.97 Å². The van der Waals surface area contributed by atoms with Gasteiger partial charge in [-0.25, -0.2) is 0 Å². The van der Waals surface area contributed by atoms with Gasteiger partial charge in [-0.05, 0) is 13.3 Å². The van der Waals surface area contributed by atoms with E-state index < -0.39 is 0 Å². The van der Waals surface area contributed by atoms with Crippen LogP contribution in [0.15, 0.2) is 0 Å². The Bertz CT molecular complexity index is 88.9. The van der Waals surface area contributed by atoms with Crippen LogP contribution in [-0.2, 0) is 9.53 Å². The fourth-order valence-electron chi connectivity index (χ4n) is 0.339. The summed E-state index contributed by atoms with van der Waals surface area (Å²) in [6, 6.07) is 0. The molecule has 9 heavy (non-hydrogen) atoms. The molecule has 0 unspecified atom stereocenters. The van der Waals surface area contributed by atoms with Gasteiger partial charge in [-0.1, -0.05) is 13.8 Å². The SMILES string of the molecule is CC[C](C)OC(=O)CC. The number of hydrogen-bond acceptors (Lipinski definition) is 2. The van der Waals surface area contributed by atoms with Crippen LogP contribution in [0.25, 0.3) is 0 Å². The first-order chi connectivity index (χ1) is 4.20. The Kier molecular flexibility index (Phi) is 4.10. The molecule has 0 spiro atoms. The molecule has 0 rings (SSSR count). The Morgan fingerprint density at radius 2 is 1.89 bits per heavy atom. The first-order valence-corrected chi connectivity index (χ1v) is 3.23. The molecular formula is C7H13O2. The lowest BCUT2D eigenvalue weighted by atomic mass is 10.3. The molecule has 53 valence electrons. The molecule has 0 aromatic rings. The summed E-state index contributed by atoms with van der Waals surface area (Å²) < 4.78 is 4.83. The van der Waals surface area contributed by atoms with E-state index in [1.165, 1.54) is 0 Å². The molecule has 2 heteroatoms. The monoisotopic (exact) mass is 129 g/mol. The average molecular weight is 129 g/mol. The molecule has 0 saturated heterocycles. The fraction of sp³-hybridized carbons (Fsp3) is 0.714. The van der Waals surface area contributed by atoms with Gasteiger partial charge in [0.2, 0.25) is 0 Å². The number of carbonyl (C=O) groups excluding carboxylic acids is 1. The van der Waals surface area contributed by atoms with Crippen molar-refractivity contribution in [1.82, 2.24) is 0 Å². The van der Waals surface area contributed by atoms with Crippen molar-refractivity contribution in [3.63, 3.8) is 0 Å². The number of ether oxygens (including phenoxy) is 1. The maximum absolute atomic E-state index is 10.5. The van der Waals surface area contributed by atoms with Gasteiger partial charge in [0.05, 0.1) is 0 Å². The molecular weight excluding hydrogens is 116 g/mol. The summed E-state index contributed by atoms with van der Waals surface area (Å²) in [5.74, 6) is -0.144. The Morgan fingerprint density at radius 1 is 1.33 bits per heavy atom. The highest BCUT2D eigenvalue weighted by Gasteiger charge is 2.04. The summed E-state index contributed by atoms with van der Waals surface area (Å²) in [6.45, 7) is 5.55. The van der Waals surface area contributed by atoms with Crippen LogP contribution in [-0.4, -0.2) is 5.97 Å². The largest absolute Gasteiger partial charge is 0.455 e. The molecule has 0 bridgehead atoms. The molecule has 0 aromatic carbocycles.